The van der Waals surface area contributed by atoms with Gasteiger partial charge < -0.3 is 10.1 Å². The molecule has 0 saturated carbocycles. The molecule has 0 amide bonds. The fourth-order valence-electron chi connectivity index (χ4n) is 2.71. The zero-order valence-electron chi connectivity index (χ0n) is 11.3. The van der Waals surface area contributed by atoms with Gasteiger partial charge in [-0.15, -0.1) is 0 Å². The molecule has 1 heterocycles. The van der Waals surface area contributed by atoms with E-state index in [-0.39, 0.29) is 0 Å². The van der Waals surface area contributed by atoms with Crippen molar-refractivity contribution in [2.75, 3.05) is 20.2 Å². The molecule has 94 valence electrons. The summed E-state index contributed by atoms with van der Waals surface area (Å²) in [5, 5.41) is 3.44. The van der Waals surface area contributed by atoms with Gasteiger partial charge in [0.25, 0.3) is 0 Å². The first kappa shape index (κ1) is 12.4. The molecule has 0 aromatic heterocycles. The van der Waals surface area contributed by atoms with Crippen molar-refractivity contribution in [2.24, 2.45) is 0 Å². The Hall–Kier alpha value is -1.02. The Morgan fingerprint density at radius 2 is 2.12 bits per heavy atom. The van der Waals surface area contributed by atoms with Crippen molar-refractivity contribution in [3.63, 3.8) is 0 Å². The van der Waals surface area contributed by atoms with Gasteiger partial charge in [-0.3, -0.25) is 0 Å². The highest BCUT2D eigenvalue weighted by atomic mass is 16.5. The number of methoxy groups -OCH3 is 1. The molecule has 1 unspecified atom stereocenters. The molecule has 1 aromatic carbocycles. The first-order chi connectivity index (χ1) is 8.13. The molecule has 2 heteroatoms. The van der Waals surface area contributed by atoms with Gasteiger partial charge in [0.1, 0.15) is 5.75 Å². The summed E-state index contributed by atoms with van der Waals surface area (Å²) >= 11 is 0. The standard InChI is InChI=1S/C15H23NO/c1-10(2)14-8-13(12-5-6-16-9-12)7-11(3)15(14)17-4/h7-8,10,12,16H,5-6,9H2,1-4H3. The summed E-state index contributed by atoms with van der Waals surface area (Å²) in [4.78, 5) is 0. The third-order valence-electron chi connectivity index (χ3n) is 3.68. The third kappa shape index (κ3) is 2.47. The van der Waals surface area contributed by atoms with Crippen molar-refractivity contribution in [1.29, 1.82) is 0 Å². The molecule has 17 heavy (non-hydrogen) atoms. The van der Waals surface area contributed by atoms with E-state index in [9.17, 15) is 0 Å². The van der Waals surface area contributed by atoms with E-state index in [1.165, 1.54) is 23.1 Å². The molecule has 1 aliphatic rings. The number of rotatable bonds is 3. The van der Waals surface area contributed by atoms with Crippen LogP contribution in [0.5, 0.6) is 5.75 Å². The molecule has 0 spiro atoms. The second-order valence-corrected chi connectivity index (χ2v) is 5.30. The average molecular weight is 233 g/mol. The summed E-state index contributed by atoms with van der Waals surface area (Å²) in [5.41, 5.74) is 4.08. The van der Waals surface area contributed by atoms with Gasteiger partial charge in [0, 0.05) is 6.54 Å². The van der Waals surface area contributed by atoms with Crippen LogP contribution >= 0.6 is 0 Å². The lowest BCUT2D eigenvalue weighted by atomic mass is 9.90. The summed E-state index contributed by atoms with van der Waals surface area (Å²) in [6, 6.07) is 4.64. The molecule has 1 aliphatic heterocycles. The van der Waals surface area contributed by atoms with Crippen molar-refractivity contribution < 1.29 is 4.74 Å². The normalized spacial score (nSPS) is 19.9. The Balaban J connectivity index is 2.41. The Morgan fingerprint density at radius 1 is 1.35 bits per heavy atom. The summed E-state index contributed by atoms with van der Waals surface area (Å²) in [7, 11) is 1.77. The van der Waals surface area contributed by atoms with Gasteiger partial charge in [-0.1, -0.05) is 26.0 Å². The second kappa shape index (κ2) is 5.09. The molecule has 1 fully saturated rings. The van der Waals surface area contributed by atoms with Crippen LogP contribution in [0.3, 0.4) is 0 Å². The minimum Gasteiger partial charge on any atom is -0.496 e. The molecule has 2 nitrogen and oxygen atoms in total. The van der Waals surface area contributed by atoms with Crippen LogP contribution in [0.15, 0.2) is 12.1 Å². The SMILES string of the molecule is COc1c(C)cc(C2CCNC2)cc1C(C)C. The van der Waals surface area contributed by atoms with Crippen molar-refractivity contribution in [3.8, 4) is 5.75 Å². The van der Waals surface area contributed by atoms with E-state index >= 15 is 0 Å². The Morgan fingerprint density at radius 3 is 2.65 bits per heavy atom. The highest BCUT2D eigenvalue weighted by Crippen LogP contribution is 2.34. The maximum absolute atomic E-state index is 5.54. The number of aryl methyl sites for hydroxylation is 1. The first-order valence-electron chi connectivity index (χ1n) is 6.52. The largest absolute Gasteiger partial charge is 0.496 e. The highest BCUT2D eigenvalue weighted by molar-refractivity contribution is 5.46. The van der Waals surface area contributed by atoms with Crippen molar-refractivity contribution in [1.82, 2.24) is 5.32 Å². The zero-order chi connectivity index (χ0) is 12.4. The Bertz CT molecular complexity index is 392. The highest BCUT2D eigenvalue weighted by Gasteiger charge is 2.20. The number of benzene rings is 1. The predicted molar refractivity (Wildman–Crippen MR) is 72.0 cm³/mol. The number of hydrogen-bond acceptors (Lipinski definition) is 2. The maximum atomic E-state index is 5.54. The fraction of sp³-hybridized carbons (Fsp3) is 0.600. The van der Waals surface area contributed by atoms with Gasteiger partial charge in [-0.25, -0.2) is 0 Å². The van der Waals surface area contributed by atoms with E-state index in [0.29, 0.717) is 11.8 Å². The predicted octanol–water partition coefficient (Wildman–Crippen LogP) is 3.20. The lowest BCUT2D eigenvalue weighted by Crippen LogP contribution is -2.09. The molecule has 2 rings (SSSR count). The van der Waals surface area contributed by atoms with Gasteiger partial charge in [0.2, 0.25) is 0 Å². The lowest BCUT2D eigenvalue weighted by molar-refractivity contribution is 0.404. The van der Waals surface area contributed by atoms with E-state index in [2.05, 4.69) is 38.2 Å². The van der Waals surface area contributed by atoms with Crippen LogP contribution in [0.2, 0.25) is 0 Å². The Kier molecular flexibility index (Phi) is 3.72. The second-order valence-electron chi connectivity index (χ2n) is 5.30. The van der Waals surface area contributed by atoms with Gasteiger partial charge >= 0.3 is 0 Å². The van der Waals surface area contributed by atoms with Gasteiger partial charge in [-0.2, -0.15) is 0 Å². The third-order valence-corrected chi connectivity index (χ3v) is 3.68. The summed E-state index contributed by atoms with van der Waals surface area (Å²) in [6.07, 6.45) is 1.25. The van der Waals surface area contributed by atoms with E-state index in [4.69, 9.17) is 4.74 Å². The van der Waals surface area contributed by atoms with Gasteiger partial charge in [0.05, 0.1) is 7.11 Å². The van der Waals surface area contributed by atoms with Crippen LogP contribution in [-0.2, 0) is 0 Å². The molecule has 0 bridgehead atoms. The van der Waals surface area contributed by atoms with Crippen LogP contribution in [0.4, 0.5) is 0 Å². The van der Waals surface area contributed by atoms with E-state index < -0.39 is 0 Å². The molecular weight excluding hydrogens is 210 g/mol. The van der Waals surface area contributed by atoms with Crippen molar-refractivity contribution in [3.05, 3.63) is 28.8 Å². The van der Waals surface area contributed by atoms with E-state index in [1.807, 2.05) is 0 Å². The maximum Gasteiger partial charge on any atom is 0.125 e. The molecule has 1 saturated heterocycles. The topological polar surface area (TPSA) is 21.3 Å². The molecule has 1 aromatic rings. The van der Waals surface area contributed by atoms with Gasteiger partial charge in [0.15, 0.2) is 0 Å². The average Bonchev–Trinajstić information content (AvgIpc) is 2.81. The van der Waals surface area contributed by atoms with Crippen LogP contribution in [0.1, 0.15) is 48.8 Å². The minimum atomic E-state index is 0.512. The minimum absolute atomic E-state index is 0.512. The lowest BCUT2D eigenvalue weighted by Gasteiger charge is -2.19. The smallest absolute Gasteiger partial charge is 0.125 e. The van der Waals surface area contributed by atoms with Gasteiger partial charge in [-0.05, 0) is 48.4 Å². The molecule has 0 radical (unpaired) electrons. The summed E-state index contributed by atoms with van der Waals surface area (Å²) < 4.78 is 5.54. The summed E-state index contributed by atoms with van der Waals surface area (Å²) in [5.74, 6) is 2.25. The fourth-order valence-corrected chi connectivity index (χ4v) is 2.71. The van der Waals surface area contributed by atoms with Crippen LogP contribution in [0.25, 0.3) is 0 Å². The molecule has 1 atom stereocenters. The zero-order valence-corrected chi connectivity index (χ0v) is 11.3. The number of ether oxygens (including phenoxy) is 1. The van der Waals surface area contributed by atoms with Crippen molar-refractivity contribution >= 4 is 0 Å². The van der Waals surface area contributed by atoms with Crippen LogP contribution in [-0.4, -0.2) is 20.2 Å². The van der Waals surface area contributed by atoms with E-state index in [0.717, 1.165) is 18.8 Å². The van der Waals surface area contributed by atoms with E-state index in [1.54, 1.807) is 7.11 Å². The molecule has 1 N–H and O–H groups in total. The number of hydrogen-bond donors (Lipinski definition) is 1. The first-order valence-corrected chi connectivity index (χ1v) is 6.52. The summed E-state index contributed by atoms with van der Waals surface area (Å²) in [6.45, 7) is 8.87. The van der Waals surface area contributed by atoms with Crippen LogP contribution in [0, 0.1) is 6.92 Å². The number of nitrogens with one attached hydrogen (secondary N) is 1. The van der Waals surface area contributed by atoms with Crippen LogP contribution < -0.4 is 10.1 Å². The quantitative estimate of drug-likeness (QED) is 0.865. The molecular formula is C15H23NO. The van der Waals surface area contributed by atoms with Crippen molar-refractivity contribution in [2.45, 2.75) is 39.0 Å². The monoisotopic (exact) mass is 233 g/mol. The Labute approximate surface area is 104 Å². The molecule has 0 aliphatic carbocycles.